The summed E-state index contributed by atoms with van der Waals surface area (Å²) in [6.07, 6.45) is 4.01. The van der Waals surface area contributed by atoms with Crippen LogP contribution in [0.5, 0.6) is 5.75 Å². The molecule has 0 aromatic heterocycles. The van der Waals surface area contributed by atoms with Gasteiger partial charge in [0.05, 0.1) is 13.5 Å². The molecule has 130 valence electrons. The van der Waals surface area contributed by atoms with E-state index in [0.717, 1.165) is 25.7 Å². The van der Waals surface area contributed by atoms with Gasteiger partial charge in [0.1, 0.15) is 5.75 Å². The van der Waals surface area contributed by atoms with Gasteiger partial charge in [0, 0.05) is 11.6 Å². The molecule has 1 fully saturated rings. The number of benzene rings is 1. The van der Waals surface area contributed by atoms with E-state index in [-0.39, 0.29) is 12.5 Å². The van der Waals surface area contributed by atoms with Crippen LogP contribution in [0.3, 0.4) is 0 Å². The molecule has 0 spiro atoms. The summed E-state index contributed by atoms with van der Waals surface area (Å²) in [5.74, 6) is -0.639. The van der Waals surface area contributed by atoms with Gasteiger partial charge in [-0.25, -0.2) is 4.79 Å². The predicted octanol–water partition coefficient (Wildman–Crippen LogP) is 1.55. The highest BCUT2D eigenvalue weighted by Crippen LogP contribution is 2.18. The number of imide groups is 1. The average Bonchev–Trinajstić information content (AvgIpc) is 3.06. The molecule has 2 N–H and O–H groups in total. The van der Waals surface area contributed by atoms with Crippen LogP contribution in [0.2, 0.25) is 0 Å². The van der Waals surface area contributed by atoms with Crippen molar-refractivity contribution in [3.05, 3.63) is 29.8 Å². The lowest BCUT2D eigenvalue weighted by Gasteiger charge is -2.12. The minimum Gasteiger partial charge on any atom is -0.496 e. The van der Waals surface area contributed by atoms with E-state index in [0.29, 0.717) is 11.3 Å². The molecular weight excluding hydrogens is 312 g/mol. The summed E-state index contributed by atoms with van der Waals surface area (Å²) in [6.45, 7) is -0.494. The van der Waals surface area contributed by atoms with Crippen LogP contribution in [-0.4, -0.2) is 37.7 Å². The second kappa shape index (κ2) is 8.90. The van der Waals surface area contributed by atoms with Gasteiger partial charge in [-0.3, -0.25) is 14.9 Å². The number of esters is 1. The Kier molecular flexibility index (Phi) is 6.60. The van der Waals surface area contributed by atoms with Crippen LogP contribution in [0.4, 0.5) is 4.79 Å². The minimum absolute atomic E-state index is 0.00837. The van der Waals surface area contributed by atoms with Crippen LogP contribution in [-0.2, 0) is 20.7 Å². The quantitative estimate of drug-likeness (QED) is 0.770. The predicted molar refractivity (Wildman–Crippen MR) is 86.6 cm³/mol. The Bertz CT molecular complexity index is 596. The Morgan fingerprint density at radius 2 is 1.88 bits per heavy atom. The first kappa shape index (κ1) is 17.8. The Morgan fingerprint density at radius 1 is 1.17 bits per heavy atom. The van der Waals surface area contributed by atoms with Gasteiger partial charge in [0.15, 0.2) is 6.61 Å². The largest absolute Gasteiger partial charge is 0.496 e. The lowest BCUT2D eigenvalue weighted by Crippen LogP contribution is -2.45. The van der Waals surface area contributed by atoms with Gasteiger partial charge in [-0.2, -0.15) is 0 Å². The highest BCUT2D eigenvalue weighted by Gasteiger charge is 2.18. The maximum Gasteiger partial charge on any atom is 0.321 e. The molecule has 0 saturated heterocycles. The van der Waals surface area contributed by atoms with Crippen LogP contribution in [0.1, 0.15) is 31.2 Å². The molecule has 1 aromatic carbocycles. The molecule has 0 radical (unpaired) electrons. The third-order valence-corrected chi connectivity index (χ3v) is 3.83. The molecular formula is C17H22N2O5. The molecule has 7 heteroatoms. The summed E-state index contributed by atoms with van der Waals surface area (Å²) in [6, 6.07) is 6.63. The van der Waals surface area contributed by atoms with Gasteiger partial charge >= 0.3 is 12.0 Å². The number of ether oxygens (including phenoxy) is 2. The maximum absolute atomic E-state index is 11.8. The van der Waals surface area contributed by atoms with E-state index >= 15 is 0 Å². The van der Waals surface area contributed by atoms with Crippen molar-refractivity contribution in [2.45, 2.75) is 38.1 Å². The zero-order valence-electron chi connectivity index (χ0n) is 13.7. The summed E-state index contributed by atoms with van der Waals surface area (Å²) in [5.41, 5.74) is 0.671. The Balaban J connectivity index is 1.70. The van der Waals surface area contributed by atoms with Gasteiger partial charge in [0.2, 0.25) is 0 Å². The standard InChI is InChI=1S/C17H22N2O5/c1-23-14-9-5-2-6-12(14)10-16(21)24-11-15(20)19-17(22)18-13-7-3-4-8-13/h2,5-6,9,13H,3-4,7-8,10-11H2,1H3,(H2,18,19,20,22). The number of para-hydroxylation sites is 1. The number of carbonyl (C=O) groups is 3. The smallest absolute Gasteiger partial charge is 0.321 e. The van der Waals surface area contributed by atoms with E-state index in [1.54, 1.807) is 24.3 Å². The minimum atomic E-state index is -0.654. The van der Waals surface area contributed by atoms with Crippen molar-refractivity contribution in [3.63, 3.8) is 0 Å². The van der Waals surface area contributed by atoms with E-state index in [1.807, 2.05) is 0 Å². The zero-order valence-corrected chi connectivity index (χ0v) is 13.7. The first-order valence-corrected chi connectivity index (χ1v) is 7.96. The number of urea groups is 1. The molecule has 2 rings (SSSR count). The highest BCUT2D eigenvalue weighted by molar-refractivity contribution is 5.95. The highest BCUT2D eigenvalue weighted by atomic mass is 16.5. The van der Waals surface area contributed by atoms with Crippen molar-refractivity contribution < 1.29 is 23.9 Å². The molecule has 1 aliphatic carbocycles. The second-order valence-corrected chi connectivity index (χ2v) is 5.65. The summed E-state index contributed by atoms with van der Waals surface area (Å²) in [5, 5.41) is 4.88. The third-order valence-electron chi connectivity index (χ3n) is 3.83. The molecule has 0 atom stereocenters. The number of methoxy groups -OCH3 is 1. The average molecular weight is 334 g/mol. The van der Waals surface area contributed by atoms with Crippen LogP contribution < -0.4 is 15.4 Å². The number of hydrogen-bond acceptors (Lipinski definition) is 5. The Hall–Kier alpha value is -2.57. The van der Waals surface area contributed by atoms with Gasteiger partial charge in [0.25, 0.3) is 5.91 Å². The van der Waals surface area contributed by atoms with Crippen molar-refractivity contribution in [1.82, 2.24) is 10.6 Å². The SMILES string of the molecule is COc1ccccc1CC(=O)OCC(=O)NC(=O)NC1CCCC1. The second-order valence-electron chi connectivity index (χ2n) is 5.65. The van der Waals surface area contributed by atoms with E-state index < -0.39 is 24.5 Å². The normalized spacial score (nSPS) is 14.0. The first-order chi connectivity index (χ1) is 11.6. The fourth-order valence-corrected chi connectivity index (χ4v) is 2.66. The fourth-order valence-electron chi connectivity index (χ4n) is 2.66. The lowest BCUT2D eigenvalue weighted by atomic mass is 10.1. The van der Waals surface area contributed by atoms with Gasteiger partial charge in [-0.15, -0.1) is 0 Å². The topological polar surface area (TPSA) is 93.7 Å². The van der Waals surface area contributed by atoms with Crippen molar-refractivity contribution in [2.75, 3.05) is 13.7 Å². The van der Waals surface area contributed by atoms with Crippen LogP contribution >= 0.6 is 0 Å². The molecule has 24 heavy (non-hydrogen) atoms. The van der Waals surface area contributed by atoms with Gasteiger partial charge in [-0.1, -0.05) is 31.0 Å². The number of carbonyl (C=O) groups excluding carboxylic acids is 3. The van der Waals surface area contributed by atoms with Crippen LogP contribution in [0, 0.1) is 0 Å². The van der Waals surface area contributed by atoms with Crippen molar-refractivity contribution in [3.8, 4) is 5.75 Å². The van der Waals surface area contributed by atoms with E-state index in [9.17, 15) is 14.4 Å². The van der Waals surface area contributed by atoms with E-state index in [2.05, 4.69) is 10.6 Å². The summed E-state index contributed by atoms with van der Waals surface area (Å²) in [4.78, 5) is 35.1. The summed E-state index contributed by atoms with van der Waals surface area (Å²) >= 11 is 0. The summed E-state index contributed by atoms with van der Waals surface area (Å²) < 4.78 is 10.0. The first-order valence-electron chi connectivity index (χ1n) is 7.96. The Morgan fingerprint density at radius 3 is 2.58 bits per heavy atom. The number of hydrogen-bond donors (Lipinski definition) is 2. The van der Waals surface area contributed by atoms with E-state index in [1.165, 1.54) is 7.11 Å². The van der Waals surface area contributed by atoms with Gasteiger partial charge in [-0.05, 0) is 18.9 Å². The molecule has 7 nitrogen and oxygen atoms in total. The van der Waals surface area contributed by atoms with Crippen molar-refractivity contribution >= 4 is 17.9 Å². The Labute approximate surface area is 140 Å². The summed E-state index contributed by atoms with van der Waals surface area (Å²) in [7, 11) is 1.51. The lowest BCUT2D eigenvalue weighted by molar-refractivity contribution is -0.147. The molecule has 1 aromatic rings. The number of nitrogens with one attached hydrogen (secondary N) is 2. The van der Waals surface area contributed by atoms with Gasteiger partial charge < -0.3 is 14.8 Å². The molecule has 0 heterocycles. The zero-order chi connectivity index (χ0) is 17.4. The molecule has 3 amide bonds. The molecule has 1 saturated carbocycles. The maximum atomic E-state index is 11.8. The van der Waals surface area contributed by atoms with Crippen LogP contribution in [0.15, 0.2) is 24.3 Å². The number of rotatable bonds is 6. The molecule has 0 bridgehead atoms. The molecule has 0 aliphatic heterocycles. The van der Waals surface area contributed by atoms with Crippen molar-refractivity contribution in [2.24, 2.45) is 0 Å². The van der Waals surface area contributed by atoms with Crippen LogP contribution in [0.25, 0.3) is 0 Å². The molecule has 0 unspecified atom stereocenters. The van der Waals surface area contributed by atoms with E-state index in [4.69, 9.17) is 9.47 Å². The van der Waals surface area contributed by atoms with Crippen molar-refractivity contribution in [1.29, 1.82) is 0 Å². The monoisotopic (exact) mass is 334 g/mol. The molecule has 1 aliphatic rings. The fraction of sp³-hybridized carbons (Fsp3) is 0.471. The number of amides is 3. The third kappa shape index (κ3) is 5.57.